The van der Waals surface area contributed by atoms with Gasteiger partial charge in [-0.15, -0.1) is 0 Å². The molecule has 100 valence electrons. The van der Waals surface area contributed by atoms with Gasteiger partial charge in [0.2, 0.25) is 0 Å². The summed E-state index contributed by atoms with van der Waals surface area (Å²) >= 11 is 6.29. The Labute approximate surface area is 119 Å². The normalized spacial score (nSPS) is 12.2. The van der Waals surface area contributed by atoms with Crippen LogP contribution in [0.25, 0.3) is 0 Å². The number of hydrogen-bond donors (Lipinski definition) is 1. The average Bonchev–Trinajstić information content (AvgIpc) is 2.46. The molecule has 2 N–H and O–H groups in total. The highest BCUT2D eigenvalue weighted by molar-refractivity contribution is 6.31. The second-order valence-corrected chi connectivity index (χ2v) is 4.82. The molecule has 2 aromatic carbocycles. The topological polar surface area (TPSA) is 35.2 Å². The Balaban J connectivity index is 2.41. The van der Waals surface area contributed by atoms with Crippen LogP contribution < -0.4 is 10.5 Å². The molecular weight excluding hydrogens is 258 g/mol. The molecule has 0 radical (unpaired) electrons. The first-order chi connectivity index (χ1) is 9.17. The number of ether oxygens (including phenoxy) is 1. The van der Waals surface area contributed by atoms with Crippen molar-refractivity contribution in [1.82, 2.24) is 0 Å². The molecule has 0 heterocycles. The Morgan fingerprint density at radius 1 is 1.16 bits per heavy atom. The molecule has 0 aliphatic rings. The molecule has 3 heteroatoms. The van der Waals surface area contributed by atoms with Gasteiger partial charge in [0.25, 0.3) is 0 Å². The van der Waals surface area contributed by atoms with Crippen molar-refractivity contribution in [3.05, 3.63) is 64.2 Å². The molecule has 19 heavy (non-hydrogen) atoms. The summed E-state index contributed by atoms with van der Waals surface area (Å²) < 4.78 is 5.16. The van der Waals surface area contributed by atoms with Gasteiger partial charge in [-0.05, 0) is 35.2 Å². The van der Waals surface area contributed by atoms with Gasteiger partial charge in [-0.3, -0.25) is 0 Å². The molecule has 1 unspecified atom stereocenters. The highest BCUT2D eigenvalue weighted by Gasteiger charge is 2.15. The molecule has 1 atom stereocenters. The lowest BCUT2D eigenvalue weighted by molar-refractivity contribution is 0.414. The van der Waals surface area contributed by atoms with E-state index in [1.165, 1.54) is 5.56 Å². The SMILES string of the molecule is CCc1ccccc1C(N)c1ccc(OC)cc1Cl. The van der Waals surface area contributed by atoms with Gasteiger partial charge in [0.15, 0.2) is 0 Å². The summed E-state index contributed by atoms with van der Waals surface area (Å²) in [6, 6.07) is 13.6. The summed E-state index contributed by atoms with van der Waals surface area (Å²) in [5.74, 6) is 0.740. The van der Waals surface area contributed by atoms with Gasteiger partial charge in [-0.1, -0.05) is 48.9 Å². The summed E-state index contributed by atoms with van der Waals surface area (Å²) in [5.41, 5.74) is 9.65. The minimum Gasteiger partial charge on any atom is -0.497 e. The zero-order chi connectivity index (χ0) is 13.8. The first-order valence-electron chi connectivity index (χ1n) is 6.34. The third-order valence-electron chi connectivity index (χ3n) is 3.31. The van der Waals surface area contributed by atoms with Crippen molar-refractivity contribution in [2.24, 2.45) is 5.73 Å². The quantitative estimate of drug-likeness (QED) is 0.917. The lowest BCUT2D eigenvalue weighted by Crippen LogP contribution is -2.14. The van der Waals surface area contributed by atoms with Crippen molar-refractivity contribution in [2.75, 3.05) is 7.11 Å². The minimum atomic E-state index is -0.213. The smallest absolute Gasteiger partial charge is 0.120 e. The average molecular weight is 276 g/mol. The van der Waals surface area contributed by atoms with E-state index in [4.69, 9.17) is 22.1 Å². The first-order valence-corrected chi connectivity index (χ1v) is 6.72. The number of halogens is 1. The van der Waals surface area contributed by atoms with Crippen molar-refractivity contribution < 1.29 is 4.74 Å². The highest BCUT2D eigenvalue weighted by atomic mass is 35.5. The van der Waals surface area contributed by atoms with Crippen molar-refractivity contribution >= 4 is 11.6 Å². The standard InChI is InChI=1S/C16H18ClNO/c1-3-11-6-4-5-7-13(11)16(18)14-9-8-12(19-2)10-15(14)17/h4-10,16H,3,18H2,1-2H3. The van der Waals surface area contributed by atoms with Gasteiger partial charge < -0.3 is 10.5 Å². The van der Waals surface area contributed by atoms with Crippen LogP contribution in [-0.4, -0.2) is 7.11 Å². The van der Waals surface area contributed by atoms with Gasteiger partial charge in [0, 0.05) is 5.02 Å². The van der Waals surface area contributed by atoms with Gasteiger partial charge in [0.05, 0.1) is 13.2 Å². The maximum absolute atomic E-state index is 6.36. The molecule has 2 aromatic rings. The van der Waals surface area contributed by atoms with E-state index >= 15 is 0 Å². The molecule has 0 aliphatic carbocycles. The summed E-state index contributed by atoms with van der Waals surface area (Å²) in [5, 5.41) is 0.637. The molecule has 2 rings (SSSR count). The second kappa shape index (κ2) is 6.09. The van der Waals surface area contributed by atoms with Gasteiger partial charge in [0.1, 0.15) is 5.75 Å². The van der Waals surface area contributed by atoms with Crippen LogP contribution in [0.3, 0.4) is 0 Å². The monoisotopic (exact) mass is 275 g/mol. The summed E-state index contributed by atoms with van der Waals surface area (Å²) in [6.45, 7) is 2.13. The van der Waals surface area contributed by atoms with Crippen LogP contribution in [-0.2, 0) is 6.42 Å². The largest absolute Gasteiger partial charge is 0.497 e. The Hall–Kier alpha value is -1.51. The predicted octanol–water partition coefficient (Wildman–Crippen LogP) is 3.96. The number of nitrogens with two attached hydrogens (primary N) is 1. The van der Waals surface area contributed by atoms with Crippen molar-refractivity contribution in [3.63, 3.8) is 0 Å². The van der Waals surface area contributed by atoms with Crippen LogP contribution in [0.5, 0.6) is 5.75 Å². The molecule has 0 spiro atoms. The van der Waals surface area contributed by atoms with E-state index in [1.54, 1.807) is 13.2 Å². The predicted molar refractivity (Wildman–Crippen MR) is 79.9 cm³/mol. The lowest BCUT2D eigenvalue weighted by Gasteiger charge is -2.18. The number of hydrogen-bond acceptors (Lipinski definition) is 2. The second-order valence-electron chi connectivity index (χ2n) is 4.42. The number of aryl methyl sites for hydroxylation is 1. The molecule has 0 amide bonds. The van der Waals surface area contributed by atoms with Crippen LogP contribution >= 0.6 is 11.6 Å². The van der Waals surface area contributed by atoms with E-state index in [-0.39, 0.29) is 6.04 Å². The van der Waals surface area contributed by atoms with Gasteiger partial charge >= 0.3 is 0 Å². The van der Waals surface area contributed by atoms with Gasteiger partial charge in [-0.25, -0.2) is 0 Å². The fourth-order valence-electron chi connectivity index (χ4n) is 2.21. The zero-order valence-corrected chi connectivity index (χ0v) is 11.9. The first kappa shape index (κ1) is 13.9. The van der Waals surface area contributed by atoms with Crippen molar-refractivity contribution in [2.45, 2.75) is 19.4 Å². The summed E-state index contributed by atoms with van der Waals surface area (Å²) in [7, 11) is 1.62. The Morgan fingerprint density at radius 2 is 1.89 bits per heavy atom. The van der Waals surface area contributed by atoms with Gasteiger partial charge in [-0.2, -0.15) is 0 Å². The maximum atomic E-state index is 6.36. The molecule has 0 fully saturated rings. The third kappa shape index (κ3) is 2.91. The van der Waals surface area contributed by atoms with Crippen LogP contribution in [0.4, 0.5) is 0 Å². The highest BCUT2D eigenvalue weighted by Crippen LogP contribution is 2.31. The minimum absolute atomic E-state index is 0.213. The lowest BCUT2D eigenvalue weighted by atomic mass is 9.94. The van der Waals surface area contributed by atoms with E-state index in [1.807, 2.05) is 24.3 Å². The molecule has 0 saturated heterocycles. The molecule has 0 aliphatic heterocycles. The molecule has 2 nitrogen and oxygen atoms in total. The zero-order valence-electron chi connectivity index (χ0n) is 11.2. The van der Waals surface area contributed by atoms with E-state index in [9.17, 15) is 0 Å². The van der Waals surface area contributed by atoms with E-state index < -0.39 is 0 Å². The Bertz CT molecular complexity index is 568. The maximum Gasteiger partial charge on any atom is 0.120 e. The number of methoxy groups -OCH3 is 1. The van der Waals surface area contributed by atoms with E-state index in [2.05, 4.69) is 19.1 Å². The van der Waals surface area contributed by atoms with E-state index in [0.29, 0.717) is 5.02 Å². The van der Waals surface area contributed by atoms with E-state index in [0.717, 1.165) is 23.3 Å². The molecular formula is C16H18ClNO. The molecule has 0 saturated carbocycles. The van der Waals surface area contributed by atoms with Crippen molar-refractivity contribution in [1.29, 1.82) is 0 Å². The third-order valence-corrected chi connectivity index (χ3v) is 3.64. The summed E-state index contributed by atoms with van der Waals surface area (Å²) in [6.07, 6.45) is 0.956. The molecule has 0 aromatic heterocycles. The van der Waals surface area contributed by atoms with Crippen molar-refractivity contribution in [3.8, 4) is 5.75 Å². The number of rotatable bonds is 4. The fourth-order valence-corrected chi connectivity index (χ4v) is 2.50. The van der Waals surface area contributed by atoms with Crippen LogP contribution in [0.1, 0.15) is 29.7 Å². The fraction of sp³-hybridized carbons (Fsp3) is 0.250. The van der Waals surface area contributed by atoms with Crippen LogP contribution in [0.2, 0.25) is 5.02 Å². The van der Waals surface area contributed by atoms with Crippen LogP contribution in [0, 0.1) is 0 Å². The molecule has 0 bridgehead atoms. The Kier molecular flexibility index (Phi) is 4.46. The Morgan fingerprint density at radius 3 is 2.53 bits per heavy atom. The number of benzene rings is 2. The van der Waals surface area contributed by atoms with Crippen LogP contribution in [0.15, 0.2) is 42.5 Å². The summed E-state index contributed by atoms with van der Waals surface area (Å²) in [4.78, 5) is 0.